The molecule has 0 aliphatic heterocycles. The van der Waals surface area contributed by atoms with Crippen molar-refractivity contribution in [2.24, 2.45) is 0 Å². The van der Waals surface area contributed by atoms with Crippen LogP contribution in [-0.4, -0.2) is 37.7 Å². The molecule has 0 fully saturated rings. The molecule has 3 amide bonds. The zero-order valence-corrected chi connectivity index (χ0v) is 16.5. The van der Waals surface area contributed by atoms with Crippen molar-refractivity contribution in [3.05, 3.63) is 54.1 Å². The fourth-order valence-corrected chi connectivity index (χ4v) is 2.48. The van der Waals surface area contributed by atoms with Crippen molar-refractivity contribution in [3.63, 3.8) is 0 Å². The molecule has 8 nitrogen and oxygen atoms in total. The average Bonchev–Trinajstić information content (AvgIpc) is 2.68. The Bertz CT molecular complexity index is 854. The number of nitrogens with one attached hydrogen (secondary N) is 3. The van der Waals surface area contributed by atoms with E-state index in [9.17, 15) is 14.4 Å². The summed E-state index contributed by atoms with van der Waals surface area (Å²) in [7, 11) is 0. The first-order valence-corrected chi connectivity index (χ1v) is 9.31. The van der Waals surface area contributed by atoms with Gasteiger partial charge in [-0.15, -0.1) is 0 Å². The molecule has 0 unspecified atom stereocenters. The van der Waals surface area contributed by atoms with Crippen LogP contribution in [0.25, 0.3) is 0 Å². The van der Waals surface area contributed by atoms with Crippen LogP contribution in [0.15, 0.2) is 48.5 Å². The van der Waals surface area contributed by atoms with Crippen molar-refractivity contribution in [2.45, 2.75) is 20.3 Å². The third-order valence-electron chi connectivity index (χ3n) is 3.70. The van der Waals surface area contributed by atoms with Crippen LogP contribution in [0, 0.1) is 0 Å². The van der Waals surface area contributed by atoms with Crippen molar-refractivity contribution in [1.82, 2.24) is 5.32 Å². The Morgan fingerprint density at radius 3 is 2.55 bits per heavy atom. The Labute approximate surface area is 169 Å². The standard InChI is InChI=1S/C21H25N3O5/c1-3-28-20(26)18-10-4-5-11-19(18)24-21(27)22-12-7-13-29-17-9-6-8-16(14-17)23-15(2)25/h4-6,8-11,14H,3,7,12-13H2,1-2H3,(H,23,25)(H2,22,24,27). The topological polar surface area (TPSA) is 106 Å². The molecular formula is C21H25N3O5. The predicted octanol–water partition coefficient (Wildman–Crippen LogP) is 3.41. The smallest absolute Gasteiger partial charge is 0.340 e. The zero-order chi connectivity index (χ0) is 21.1. The number of para-hydroxylation sites is 1. The molecule has 2 aromatic rings. The number of carbonyl (C=O) groups excluding carboxylic acids is 3. The first-order chi connectivity index (χ1) is 14.0. The van der Waals surface area contributed by atoms with Crippen molar-refractivity contribution in [3.8, 4) is 5.75 Å². The summed E-state index contributed by atoms with van der Waals surface area (Å²) in [6.07, 6.45) is 0.581. The number of anilines is 2. The molecule has 0 saturated heterocycles. The lowest BCUT2D eigenvalue weighted by Gasteiger charge is -2.12. The van der Waals surface area contributed by atoms with Crippen molar-refractivity contribution in [2.75, 3.05) is 30.4 Å². The first-order valence-electron chi connectivity index (χ1n) is 9.31. The summed E-state index contributed by atoms with van der Waals surface area (Å²) < 4.78 is 10.6. The van der Waals surface area contributed by atoms with Crippen molar-refractivity contribution in [1.29, 1.82) is 0 Å². The lowest BCUT2D eigenvalue weighted by Crippen LogP contribution is -2.31. The second-order valence-corrected chi connectivity index (χ2v) is 6.06. The molecule has 0 radical (unpaired) electrons. The molecule has 0 atom stereocenters. The average molecular weight is 399 g/mol. The van der Waals surface area contributed by atoms with Crippen molar-refractivity contribution >= 4 is 29.3 Å². The number of urea groups is 1. The Morgan fingerprint density at radius 1 is 1.00 bits per heavy atom. The summed E-state index contributed by atoms with van der Waals surface area (Å²) in [6, 6.07) is 13.3. The van der Waals surface area contributed by atoms with Gasteiger partial charge in [0.2, 0.25) is 5.91 Å². The van der Waals surface area contributed by atoms with Crippen LogP contribution >= 0.6 is 0 Å². The first kappa shape index (κ1) is 21.7. The summed E-state index contributed by atoms with van der Waals surface area (Å²) in [5.74, 6) is -0.00995. The molecule has 0 bridgehead atoms. The molecule has 8 heteroatoms. The van der Waals surface area contributed by atoms with Gasteiger partial charge in [0.05, 0.1) is 24.5 Å². The second-order valence-electron chi connectivity index (χ2n) is 6.06. The molecule has 3 N–H and O–H groups in total. The fourth-order valence-electron chi connectivity index (χ4n) is 2.48. The molecular weight excluding hydrogens is 374 g/mol. The van der Waals surface area contributed by atoms with E-state index in [-0.39, 0.29) is 12.5 Å². The van der Waals surface area contributed by atoms with Crippen LogP contribution in [-0.2, 0) is 9.53 Å². The second kappa shape index (κ2) is 11.3. The van der Waals surface area contributed by atoms with E-state index in [2.05, 4.69) is 16.0 Å². The number of carbonyl (C=O) groups is 3. The molecule has 29 heavy (non-hydrogen) atoms. The number of rotatable bonds is 9. The summed E-state index contributed by atoms with van der Waals surface area (Å²) >= 11 is 0. The highest BCUT2D eigenvalue weighted by molar-refractivity contribution is 6.00. The van der Waals surface area contributed by atoms with E-state index in [1.54, 1.807) is 55.5 Å². The quantitative estimate of drug-likeness (QED) is 0.443. The summed E-state index contributed by atoms with van der Waals surface area (Å²) in [4.78, 5) is 35.1. The largest absolute Gasteiger partial charge is 0.493 e. The van der Waals surface area contributed by atoms with E-state index in [4.69, 9.17) is 9.47 Å². The van der Waals surface area contributed by atoms with E-state index >= 15 is 0 Å². The van der Waals surface area contributed by atoms with Crippen LogP contribution < -0.4 is 20.7 Å². The maximum Gasteiger partial charge on any atom is 0.340 e. The monoisotopic (exact) mass is 399 g/mol. The van der Waals surface area contributed by atoms with Crippen LogP contribution in [0.1, 0.15) is 30.6 Å². The van der Waals surface area contributed by atoms with Gasteiger partial charge in [0.1, 0.15) is 5.75 Å². The van der Waals surface area contributed by atoms with Crippen LogP contribution in [0.3, 0.4) is 0 Å². The van der Waals surface area contributed by atoms with Gasteiger partial charge in [0, 0.05) is 25.2 Å². The molecule has 154 valence electrons. The normalized spacial score (nSPS) is 10.0. The number of hydrogen-bond acceptors (Lipinski definition) is 5. The van der Waals surface area contributed by atoms with Gasteiger partial charge >= 0.3 is 12.0 Å². The Hall–Kier alpha value is -3.55. The molecule has 0 saturated carbocycles. The third-order valence-corrected chi connectivity index (χ3v) is 3.70. The summed E-state index contributed by atoms with van der Waals surface area (Å²) in [6.45, 7) is 4.20. The Kier molecular flexibility index (Phi) is 8.50. The predicted molar refractivity (Wildman–Crippen MR) is 110 cm³/mol. The zero-order valence-electron chi connectivity index (χ0n) is 16.5. The minimum Gasteiger partial charge on any atom is -0.493 e. The molecule has 2 rings (SSSR count). The molecule has 0 spiro atoms. The Balaban J connectivity index is 1.74. The molecule has 0 aliphatic carbocycles. The number of esters is 1. The number of hydrogen-bond donors (Lipinski definition) is 3. The van der Waals surface area contributed by atoms with Gasteiger partial charge in [-0.2, -0.15) is 0 Å². The highest BCUT2D eigenvalue weighted by Crippen LogP contribution is 2.18. The molecule has 0 aliphatic rings. The summed E-state index contributed by atoms with van der Waals surface area (Å²) in [5.41, 5.74) is 1.34. The number of benzene rings is 2. The van der Waals surface area contributed by atoms with E-state index in [1.807, 2.05) is 0 Å². The number of amides is 3. The van der Waals surface area contributed by atoms with Gasteiger partial charge in [0.25, 0.3) is 0 Å². The molecule has 2 aromatic carbocycles. The van der Waals surface area contributed by atoms with Crippen LogP contribution in [0.5, 0.6) is 5.75 Å². The molecule has 0 heterocycles. The van der Waals surface area contributed by atoms with Gasteiger partial charge in [-0.3, -0.25) is 4.79 Å². The van der Waals surface area contributed by atoms with E-state index in [1.165, 1.54) is 6.92 Å². The maximum atomic E-state index is 12.1. The van der Waals surface area contributed by atoms with Crippen LogP contribution in [0.2, 0.25) is 0 Å². The number of ether oxygens (including phenoxy) is 2. The van der Waals surface area contributed by atoms with Crippen molar-refractivity contribution < 1.29 is 23.9 Å². The van der Waals surface area contributed by atoms with Gasteiger partial charge in [-0.1, -0.05) is 18.2 Å². The van der Waals surface area contributed by atoms with E-state index in [0.29, 0.717) is 42.3 Å². The SMILES string of the molecule is CCOC(=O)c1ccccc1NC(=O)NCCCOc1cccc(NC(C)=O)c1. The van der Waals surface area contributed by atoms with Gasteiger partial charge in [-0.25, -0.2) is 9.59 Å². The van der Waals surface area contributed by atoms with E-state index < -0.39 is 12.0 Å². The third kappa shape index (κ3) is 7.53. The van der Waals surface area contributed by atoms with Crippen LogP contribution in [0.4, 0.5) is 16.2 Å². The lowest BCUT2D eigenvalue weighted by atomic mass is 10.2. The highest BCUT2D eigenvalue weighted by atomic mass is 16.5. The van der Waals surface area contributed by atoms with Gasteiger partial charge in [0.15, 0.2) is 0 Å². The van der Waals surface area contributed by atoms with Gasteiger partial charge < -0.3 is 25.4 Å². The maximum absolute atomic E-state index is 12.1. The van der Waals surface area contributed by atoms with E-state index in [0.717, 1.165) is 0 Å². The lowest BCUT2D eigenvalue weighted by molar-refractivity contribution is -0.114. The fraction of sp³-hybridized carbons (Fsp3) is 0.286. The Morgan fingerprint density at radius 2 is 1.79 bits per heavy atom. The molecule has 0 aromatic heterocycles. The van der Waals surface area contributed by atoms with Gasteiger partial charge in [-0.05, 0) is 37.6 Å². The minimum absolute atomic E-state index is 0.151. The highest BCUT2D eigenvalue weighted by Gasteiger charge is 2.13. The minimum atomic E-state index is -0.488. The summed E-state index contributed by atoms with van der Waals surface area (Å²) in [5, 5.41) is 8.05.